The largest absolute Gasteiger partial charge is 0.330 e. The molecule has 3 nitrogen and oxygen atoms in total. The molecule has 1 aromatic heterocycles. The first-order chi connectivity index (χ1) is 10.1. The molecule has 0 saturated carbocycles. The predicted molar refractivity (Wildman–Crippen MR) is 83.4 cm³/mol. The lowest BCUT2D eigenvalue weighted by Crippen LogP contribution is -2.31. The minimum atomic E-state index is -0.0352. The second-order valence-corrected chi connectivity index (χ2v) is 5.81. The molecule has 0 radical (unpaired) electrons. The van der Waals surface area contributed by atoms with Gasteiger partial charge in [-0.15, -0.1) is 0 Å². The van der Waals surface area contributed by atoms with Crippen LogP contribution < -0.4 is 0 Å². The molecule has 0 aliphatic carbocycles. The summed E-state index contributed by atoms with van der Waals surface area (Å²) in [5.74, 6) is -0.0352. The van der Waals surface area contributed by atoms with Crippen LogP contribution in [-0.2, 0) is 0 Å². The summed E-state index contributed by atoms with van der Waals surface area (Å²) in [5, 5.41) is 0.369. The van der Waals surface area contributed by atoms with Gasteiger partial charge in [-0.1, -0.05) is 41.9 Å². The topological polar surface area (TPSA) is 33.2 Å². The zero-order chi connectivity index (χ0) is 14.8. The molecule has 2 heterocycles. The van der Waals surface area contributed by atoms with E-state index in [-0.39, 0.29) is 11.9 Å². The first-order valence-electron chi connectivity index (χ1n) is 7.15. The van der Waals surface area contributed by atoms with Crippen molar-refractivity contribution >= 4 is 17.5 Å². The molecule has 1 unspecified atom stereocenters. The van der Waals surface area contributed by atoms with Crippen molar-refractivity contribution in [3.8, 4) is 0 Å². The van der Waals surface area contributed by atoms with Crippen molar-refractivity contribution < 1.29 is 4.79 Å². The van der Waals surface area contributed by atoms with Crippen LogP contribution in [0.5, 0.6) is 0 Å². The molecule has 1 amide bonds. The van der Waals surface area contributed by atoms with E-state index in [4.69, 9.17) is 11.6 Å². The fourth-order valence-electron chi connectivity index (χ4n) is 2.91. The molecule has 1 atom stereocenters. The Bertz CT molecular complexity index is 637. The number of halogens is 1. The summed E-state index contributed by atoms with van der Waals surface area (Å²) in [7, 11) is 0. The lowest BCUT2D eigenvalue weighted by molar-refractivity contribution is 0.0729. The van der Waals surface area contributed by atoms with Crippen LogP contribution in [0.2, 0.25) is 5.15 Å². The molecule has 21 heavy (non-hydrogen) atoms. The molecule has 1 aliphatic heterocycles. The monoisotopic (exact) mass is 300 g/mol. The van der Waals surface area contributed by atoms with Crippen LogP contribution in [-0.4, -0.2) is 22.3 Å². The number of carbonyl (C=O) groups excluding carboxylic acids is 1. The average Bonchev–Trinajstić information content (AvgIpc) is 2.95. The summed E-state index contributed by atoms with van der Waals surface area (Å²) in [6.45, 7) is 2.69. The minimum Gasteiger partial charge on any atom is -0.330 e. The van der Waals surface area contributed by atoms with Gasteiger partial charge in [0, 0.05) is 6.54 Å². The Morgan fingerprint density at radius 2 is 2.05 bits per heavy atom. The highest BCUT2D eigenvalue weighted by Gasteiger charge is 2.31. The summed E-state index contributed by atoms with van der Waals surface area (Å²) in [6.07, 6.45) is 2.01. The van der Waals surface area contributed by atoms with E-state index in [1.165, 1.54) is 5.56 Å². The van der Waals surface area contributed by atoms with Gasteiger partial charge in [0.25, 0.3) is 5.91 Å². The van der Waals surface area contributed by atoms with Gasteiger partial charge in [0.1, 0.15) is 10.8 Å². The number of aryl methyl sites for hydroxylation is 1. The van der Waals surface area contributed by atoms with Crippen molar-refractivity contribution in [3.05, 3.63) is 64.4 Å². The van der Waals surface area contributed by atoms with E-state index in [0.717, 1.165) is 24.9 Å². The highest BCUT2D eigenvalue weighted by Crippen LogP contribution is 2.32. The Kier molecular flexibility index (Phi) is 3.93. The number of amides is 1. The Morgan fingerprint density at radius 3 is 2.76 bits per heavy atom. The fourth-order valence-corrected chi connectivity index (χ4v) is 3.18. The highest BCUT2D eigenvalue weighted by molar-refractivity contribution is 6.29. The van der Waals surface area contributed by atoms with Crippen LogP contribution in [0, 0.1) is 6.92 Å². The summed E-state index contributed by atoms with van der Waals surface area (Å²) in [6, 6.07) is 13.9. The van der Waals surface area contributed by atoms with Crippen LogP contribution in [0.1, 0.15) is 40.5 Å². The first-order valence-corrected chi connectivity index (χ1v) is 7.53. The van der Waals surface area contributed by atoms with Crippen LogP contribution in [0.4, 0.5) is 0 Å². The van der Waals surface area contributed by atoms with Crippen molar-refractivity contribution in [2.24, 2.45) is 0 Å². The Morgan fingerprint density at radius 1 is 1.29 bits per heavy atom. The van der Waals surface area contributed by atoms with Crippen molar-refractivity contribution in [1.29, 1.82) is 0 Å². The maximum atomic E-state index is 12.7. The molecule has 3 rings (SSSR count). The number of nitrogens with zero attached hydrogens (tertiary/aromatic N) is 2. The summed E-state index contributed by atoms with van der Waals surface area (Å²) in [4.78, 5) is 18.8. The van der Waals surface area contributed by atoms with E-state index in [0.29, 0.717) is 10.8 Å². The van der Waals surface area contributed by atoms with E-state index >= 15 is 0 Å². The van der Waals surface area contributed by atoms with Gasteiger partial charge in [0.05, 0.1) is 6.04 Å². The van der Waals surface area contributed by atoms with Gasteiger partial charge in [-0.25, -0.2) is 4.98 Å². The molecule has 0 spiro atoms. The van der Waals surface area contributed by atoms with Crippen LogP contribution in [0.3, 0.4) is 0 Å². The Hall–Kier alpha value is -1.87. The molecular weight excluding hydrogens is 284 g/mol. The number of pyridine rings is 1. The van der Waals surface area contributed by atoms with Crippen LogP contribution in [0.25, 0.3) is 0 Å². The third kappa shape index (κ3) is 2.93. The SMILES string of the molecule is Cc1cc(Cl)nc(C(=O)N2CCCC2c2ccccc2)c1. The van der Waals surface area contributed by atoms with Crippen molar-refractivity contribution in [1.82, 2.24) is 9.88 Å². The van der Waals surface area contributed by atoms with E-state index in [2.05, 4.69) is 17.1 Å². The predicted octanol–water partition coefficient (Wildman–Crippen LogP) is 4.02. The highest BCUT2D eigenvalue weighted by atomic mass is 35.5. The van der Waals surface area contributed by atoms with Gasteiger partial charge < -0.3 is 4.90 Å². The van der Waals surface area contributed by atoms with E-state index in [1.54, 1.807) is 12.1 Å². The number of aromatic nitrogens is 1. The molecular formula is C17H17ClN2O. The van der Waals surface area contributed by atoms with Gasteiger partial charge in [-0.2, -0.15) is 0 Å². The van der Waals surface area contributed by atoms with E-state index in [9.17, 15) is 4.79 Å². The number of hydrogen-bond acceptors (Lipinski definition) is 2. The van der Waals surface area contributed by atoms with Crippen molar-refractivity contribution in [2.75, 3.05) is 6.54 Å². The van der Waals surface area contributed by atoms with Crippen LogP contribution >= 0.6 is 11.6 Å². The average molecular weight is 301 g/mol. The number of likely N-dealkylation sites (tertiary alicyclic amines) is 1. The third-order valence-corrected chi connectivity index (χ3v) is 4.05. The van der Waals surface area contributed by atoms with Crippen LogP contribution in [0.15, 0.2) is 42.5 Å². The molecule has 0 bridgehead atoms. The van der Waals surface area contributed by atoms with E-state index in [1.807, 2.05) is 30.0 Å². The number of hydrogen-bond donors (Lipinski definition) is 0. The standard InChI is InChI=1S/C17H17ClN2O/c1-12-10-14(19-16(18)11-12)17(21)20-9-5-8-15(20)13-6-3-2-4-7-13/h2-4,6-7,10-11,15H,5,8-9H2,1H3. The van der Waals surface area contributed by atoms with Crippen molar-refractivity contribution in [3.63, 3.8) is 0 Å². The zero-order valence-electron chi connectivity index (χ0n) is 11.9. The molecule has 4 heteroatoms. The van der Waals surface area contributed by atoms with Crippen molar-refractivity contribution in [2.45, 2.75) is 25.8 Å². The normalized spacial score (nSPS) is 18.0. The smallest absolute Gasteiger partial charge is 0.273 e. The van der Waals surface area contributed by atoms with Gasteiger partial charge in [-0.05, 0) is 43.0 Å². The van der Waals surface area contributed by atoms with Gasteiger partial charge in [0.2, 0.25) is 0 Å². The zero-order valence-corrected chi connectivity index (χ0v) is 12.7. The molecule has 1 aromatic carbocycles. The molecule has 1 saturated heterocycles. The molecule has 1 aliphatic rings. The summed E-state index contributed by atoms with van der Waals surface area (Å²) >= 11 is 5.97. The Balaban J connectivity index is 1.90. The quantitative estimate of drug-likeness (QED) is 0.785. The first kappa shape index (κ1) is 14.1. The summed E-state index contributed by atoms with van der Waals surface area (Å²) in [5.41, 5.74) is 2.57. The third-order valence-electron chi connectivity index (χ3n) is 3.86. The number of rotatable bonds is 2. The molecule has 1 fully saturated rings. The lowest BCUT2D eigenvalue weighted by Gasteiger charge is -2.25. The second kappa shape index (κ2) is 5.86. The molecule has 2 aromatic rings. The molecule has 108 valence electrons. The number of benzene rings is 1. The summed E-state index contributed by atoms with van der Waals surface area (Å²) < 4.78 is 0. The van der Waals surface area contributed by atoms with Gasteiger partial charge in [-0.3, -0.25) is 4.79 Å². The maximum absolute atomic E-state index is 12.7. The second-order valence-electron chi connectivity index (χ2n) is 5.42. The lowest BCUT2D eigenvalue weighted by atomic mass is 10.0. The maximum Gasteiger partial charge on any atom is 0.273 e. The van der Waals surface area contributed by atoms with E-state index < -0.39 is 0 Å². The Labute approximate surface area is 129 Å². The number of carbonyl (C=O) groups is 1. The van der Waals surface area contributed by atoms with Gasteiger partial charge >= 0.3 is 0 Å². The minimum absolute atomic E-state index is 0.0352. The molecule has 0 N–H and O–H groups in total. The van der Waals surface area contributed by atoms with Gasteiger partial charge in [0.15, 0.2) is 0 Å². The fraction of sp³-hybridized carbons (Fsp3) is 0.294.